The van der Waals surface area contributed by atoms with Crippen molar-refractivity contribution in [3.63, 3.8) is 0 Å². The van der Waals surface area contributed by atoms with E-state index in [0.717, 1.165) is 5.69 Å². The molecule has 1 aromatic rings. The van der Waals surface area contributed by atoms with Crippen molar-refractivity contribution in [2.75, 3.05) is 25.6 Å². The molecule has 20 heavy (non-hydrogen) atoms. The molecule has 0 radical (unpaired) electrons. The van der Waals surface area contributed by atoms with Gasteiger partial charge in [-0.2, -0.15) is 0 Å². The van der Waals surface area contributed by atoms with Crippen LogP contribution in [0.5, 0.6) is 5.75 Å². The number of ether oxygens (including phenoxy) is 1. The number of hydrogen-bond donors (Lipinski definition) is 2. The summed E-state index contributed by atoms with van der Waals surface area (Å²) in [4.78, 5) is 13.4. The fourth-order valence-corrected chi connectivity index (χ4v) is 1.88. The highest BCUT2D eigenvalue weighted by atomic mass is 16.5. The van der Waals surface area contributed by atoms with Crippen LogP contribution >= 0.6 is 0 Å². The second kappa shape index (κ2) is 6.61. The Morgan fingerprint density at radius 2 is 2.10 bits per heavy atom. The zero-order valence-electron chi connectivity index (χ0n) is 12.8. The van der Waals surface area contributed by atoms with Gasteiger partial charge in [-0.05, 0) is 32.9 Å². The number of benzene rings is 1. The Kier molecular flexibility index (Phi) is 5.39. The van der Waals surface area contributed by atoms with Gasteiger partial charge < -0.3 is 14.7 Å². The molecular formula is C15H24N2O3. The molecule has 5 heteroatoms. The standard InChI is InChI=1S/C15H24N2O3/c1-11(2)16-15(3,14(18)19)10-20-13-8-6-7-12(9-13)17(4)5/h6-9,11,16H,10H2,1-5H3,(H,18,19). The Morgan fingerprint density at radius 3 is 2.60 bits per heavy atom. The predicted molar refractivity (Wildman–Crippen MR) is 80.6 cm³/mol. The van der Waals surface area contributed by atoms with E-state index < -0.39 is 11.5 Å². The number of nitrogens with one attached hydrogen (secondary N) is 1. The van der Waals surface area contributed by atoms with E-state index in [0.29, 0.717) is 5.75 Å². The lowest BCUT2D eigenvalue weighted by molar-refractivity contribution is -0.145. The van der Waals surface area contributed by atoms with Gasteiger partial charge in [-0.3, -0.25) is 10.1 Å². The van der Waals surface area contributed by atoms with Gasteiger partial charge >= 0.3 is 5.97 Å². The second-order valence-electron chi connectivity index (χ2n) is 5.62. The molecule has 0 aliphatic carbocycles. The van der Waals surface area contributed by atoms with E-state index in [1.165, 1.54) is 0 Å². The Morgan fingerprint density at radius 1 is 1.45 bits per heavy atom. The first-order chi connectivity index (χ1) is 9.24. The third kappa shape index (κ3) is 4.42. The van der Waals surface area contributed by atoms with E-state index in [9.17, 15) is 9.90 Å². The summed E-state index contributed by atoms with van der Waals surface area (Å²) in [6.07, 6.45) is 0. The molecule has 0 saturated heterocycles. The lowest BCUT2D eigenvalue weighted by atomic mass is 10.0. The number of hydrogen-bond acceptors (Lipinski definition) is 4. The average molecular weight is 280 g/mol. The van der Waals surface area contributed by atoms with Crippen molar-refractivity contribution >= 4 is 11.7 Å². The van der Waals surface area contributed by atoms with Crippen LogP contribution in [0, 0.1) is 0 Å². The van der Waals surface area contributed by atoms with Crippen molar-refractivity contribution in [3.05, 3.63) is 24.3 Å². The Labute approximate surface area is 120 Å². The maximum Gasteiger partial charge on any atom is 0.327 e. The van der Waals surface area contributed by atoms with Crippen molar-refractivity contribution in [1.29, 1.82) is 0 Å². The van der Waals surface area contributed by atoms with E-state index >= 15 is 0 Å². The van der Waals surface area contributed by atoms with Gasteiger partial charge in [-0.25, -0.2) is 0 Å². The molecule has 0 aliphatic rings. The minimum atomic E-state index is -1.11. The molecule has 1 unspecified atom stereocenters. The monoisotopic (exact) mass is 280 g/mol. The molecule has 0 aromatic heterocycles. The van der Waals surface area contributed by atoms with Crippen LogP contribution in [0.4, 0.5) is 5.69 Å². The highest BCUT2D eigenvalue weighted by Crippen LogP contribution is 2.20. The molecule has 1 atom stereocenters. The number of carbonyl (C=O) groups is 1. The van der Waals surface area contributed by atoms with Crippen LogP contribution in [0.15, 0.2) is 24.3 Å². The average Bonchev–Trinajstić information content (AvgIpc) is 2.35. The number of nitrogens with zero attached hydrogens (tertiary/aromatic N) is 1. The maximum absolute atomic E-state index is 11.4. The molecular weight excluding hydrogens is 256 g/mol. The lowest BCUT2D eigenvalue weighted by Gasteiger charge is -2.28. The molecule has 0 heterocycles. The number of anilines is 1. The molecule has 1 rings (SSSR count). The Balaban J connectivity index is 2.77. The number of carboxylic acid groups (broad SMARTS) is 1. The summed E-state index contributed by atoms with van der Waals surface area (Å²) in [6, 6.07) is 7.63. The second-order valence-corrected chi connectivity index (χ2v) is 5.62. The molecule has 0 bridgehead atoms. The fourth-order valence-electron chi connectivity index (χ4n) is 1.88. The Hall–Kier alpha value is -1.75. The summed E-state index contributed by atoms with van der Waals surface area (Å²) >= 11 is 0. The SMILES string of the molecule is CC(C)NC(C)(COc1cccc(N(C)C)c1)C(=O)O. The fraction of sp³-hybridized carbons (Fsp3) is 0.533. The Bertz CT molecular complexity index is 460. The molecule has 0 amide bonds. The van der Waals surface area contributed by atoms with E-state index in [-0.39, 0.29) is 12.6 Å². The zero-order valence-corrected chi connectivity index (χ0v) is 12.8. The van der Waals surface area contributed by atoms with Crippen molar-refractivity contribution in [3.8, 4) is 5.75 Å². The summed E-state index contributed by atoms with van der Waals surface area (Å²) in [7, 11) is 3.89. The number of rotatable bonds is 7. The number of carboxylic acids is 1. The van der Waals surface area contributed by atoms with Crippen molar-refractivity contribution in [2.24, 2.45) is 0 Å². The van der Waals surface area contributed by atoms with Crippen LogP contribution in [-0.4, -0.2) is 43.4 Å². The molecule has 0 spiro atoms. The first-order valence-electron chi connectivity index (χ1n) is 6.66. The first-order valence-corrected chi connectivity index (χ1v) is 6.66. The summed E-state index contributed by atoms with van der Waals surface area (Å²) in [6.45, 7) is 5.52. The van der Waals surface area contributed by atoms with Crippen molar-refractivity contribution in [1.82, 2.24) is 5.32 Å². The molecule has 0 fully saturated rings. The van der Waals surface area contributed by atoms with E-state index in [4.69, 9.17) is 4.74 Å². The van der Waals surface area contributed by atoms with Crippen molar-refractivity contribution < 1.29 is 14.6 Å². The summed E-state index contributed by atoms with van der Waals surface area (Å²) in [5.74, 6) is -0.260. The summed E-state index contributed by atoms with van der Waals surface area (Å²) in [5, 5.41) is 12.4. The van der Waals surface area contributed by atoms with Gasteiger partial charge in [0, 0.05) is 31.9 Å². The van der Waals surface area contributed by atoms with E-state index in [1.54, 1.807) is 6.92 Å². The van der Waals surface area contributed by atoms with Gasteiger partial charge in [0.05, 0.1) is 0 Å². The smallest absolute Gasteiger partial charge is 0.327 e. The van der Waals surface area contributed by atoms with Gasteiger partial charge in [0.25, 0.3) is 0 Å². The molecule has 5 nitrogen and oxygen atoms in total. The summed E-state index contributed by atoms with van der Waals surface area (Å²) < 4.78 is 5.65. The van der Waals surface area contributed by atoms with Crippen LogP contribution < -0.4 is 15.0 Å². The minimum absolute atomic E-state index is 0.0628. The highest BCUT2D eigenvalue weighted by molar-refractivity contribution is 5.78. The van der Waals surface area contributed by atoms with Gasteiger partial charge in [0.2, 0.25) is 0 Å². The molecule has 1 aromatic carbocycles. The number of aliphatic carboxylic acids is 1. The molecule has 112 valence electrons. The molecule has 0 aliphatic heterocycles. The quantitative estimate of drug-likeness (QED) is 0.799. The summed E-state index contributed by atoms with van der Waals surface area (Å²) in [5.41, 5.74) is -0.0983. The van der Waals surface area contributed by atoms with E-state index in [2.05, 4.69) is 5.32 Å². The van der Waals surface area contributed by atoms with Crippen LogP contribution in [0.3, 0.4) is 0 Å². The lowest BCUT2D eigenvalue weighted by Crippen LogP contribution is -2.56. The topological polar surface area (TPSA) is 61.8 Å². The third-order valence-corrected chi connectivity index (χ3v) is 2.94. The normalized spacial score (nSPS) is 13.9. The largest absolute Gasteiger partial charge is 0.491 e. The van der Waals surface area contributed by atoms with Crippen molar-refractivity contribution in [2.45, 2.75) is 32.4 Å². The predicted octanol–water partition coefficient (Wildman–Crippen LogP) is 1.97. The molecule has 2 N–H and O–H groups in total. The maximum atomic E-state index is 11.4. The zero-order chi connectivity index (χ0) is 15.3. The third-order valence-electron chi connectivity index (χ3n) is 2.94. The highest BCUT2D eigenvalue weighted by Gasteiger charge is 2.34. The van der Waals surface area contributed by atoms with Gasteiger partial charge in [0.15, 0.2) is 0 Å². The van der Waals surface area contributed by atoms with Crippen LogP contribution in [-0.2, 0) is 4.79 Å². The van der Waals surface area contributed by atoms with Crippen LogP contribution in [0.1, 0.15) is 20.8 Å². The molecule has 0 saturated carbocycles. The first kappa shape index (κ1) is 16.3. The van der Waals surface area contributed by atoms with Gasteiger partial charge in [0.1, 0.15) is 17.9 Å². The minimum Gasteiger partial charge on any atom is -0.491 e. The van der Waals surface area contributed by atoms with Gasteiger partial charge in [-0.1, -0.05) is 6.07 Å². The van der Waals surface area contributed by atoms with Crippen LogP contribution in [0.2, 0.25) is 0 Å². The van der Waals surface area contributed by atoms with Crippen LogP contribution in [0.25, 0.3) is 0 Å². The van der Waals surface area contributed by atoms with Gasteiger partial charge in [-0.15, -0.1) is 0 Å². The van der Waals surface area contributed by atoms with E-state index in [1.807, 2.05) is 57.1 Å².